The molecule has 1 aliphatic carbocycles. The lowest BCUT2D eigenvalue weighted by atomic mass is 10.2. The molecule has 4 heteroatoms. The second kappa shape index (κ2) is 4.77. The van der Waals surface area contributed by atoms with Crippen LogP contribution in [-0.2, 0) is 0 Å². The van der Waals surface area contributed by atoms with E-state index in [9.17, 15) is 0 Å². The predicted octanol–water partition coefficient (Wildman–Crippen LogP) is 3.52. The number of rotatable bonds is 4. The van der Waals surface area contributed by atoms with Crippen LogP contribution in [0.2, 0.25) is 0 Å². The summed E-state index contributed by atoms with van der Waals surface area (Å²) in [5, 5.41) is 0.951. The van der Waals surface area contributed by atoms with E-state index in [0.29, 0.717) is 6.10 Å². The van der Waals surface area contributed by atoms with Gasteiger partial charge in [0, 0.05) is 6.07 Å². The molecule has 0 saturated heterocycles. The lowest BCUT2D eigenvalue weighted by Crippen LogP contribution is -2.23. The van der Waals surface area contributed by atoms with Crippen LogP contribution in [0.5, 0.6) is 11.5 Å². The standard InChI is InChI=1S/C13H19NO2S/c1-13(2,3)16-10-7-12(17-4)14-8-11(10)15-9-5-6-9/h7-9H,5-6H2,1-4H3. The zero-order valence-electron chi connectivity index (χ0n) is 10.8. The first-order valence-electron chi connectivity index (χ1n) is 5.87. The van der Waals surface area contributed by atoms with Crippen LogP contribution in [0.1, 0.15) is 33.6 Å². The van der Waals surface area contributed by atoms with E-state index in [1.54, 1.807) is 18.0 Å². The van der Waals surface area contributed by atoms with Gasteiger partial charge in [-0.15, -0.1) is 11.8 Å². The Morgan fingerprint density at radius 2 is 2.00 bits per heavy atom. The Labute approximate surface area is 107 Å². The van der Waals surface area contributed by atoms with E-state index in [1.165, 1.54) is 0 Å². The first-order chi connectivity index (χ1) is 7.98. The third-order valence-corrected chi connectivity index (χ3v) is 2.89. The molecule has 1 saturated carbocycles. The van der Waals surface area contributed by atoms with Crippen molar-refractivity contribution in [2.45, 2.75) is 50.3 Å². The highest BCUT2D eigenvalue weighted by Gasteiger charge is 2.26. The average Bonchev–Trinajstić information content (AvgIpc) is 3.02. The van der Waals surface area contributed by atoms with Gasteiger partial charge < -0.3 is 9.47 Å². The topological polar surface area (TPSA) is 31.4 Å². The highest BCUT2D eigenvalue weighted by atomic mass is 32.2. The van der Waals surface area contributed by atoms with Gasteiger partial charge in [0.2, 0.25) is 0 Å². The highest BCUT2D eigenvalue weighted by molar-refractivity contribution is 7.98. The van der Waals surface area contributed by atoms with E-state index >= 15 is 0 Å². The number of hydrogen-bond acceptors (Lipinski definition) is 4. The summed E-state index contributed by atoms with van der Waals surface area (Å²) in [6, 6.07) is 1.95. The molecule has 1 aromatic heterocycles. The second-order valence-corrected chi connectivity index (χ2v) is 6.03. The van der Waals surface area contributed by atoms with Crippen LogP contribution >= 0.6 is 11.8 Å². The van der Waals surface area contributed by atoms with Crippen LogP contribution in [-0.4, -0.2) is 22.9 Å². The summed E-state index contributed by atoms with van der Waals surface area (Å²) in [4.78, 5) is 4.33. The normalized spacial score (nSPS) is 15.8. The fourth-order valence-corrected chi connectivity index (χ4v) is 1.76. The molecule has 0 unspecified atom stereocenters. The maximum atomic E-state index is 5.93. The number of hydrogen-bond donors (Lipinski definition) is 0. The molecule has 1 fully saturated rings. The van der Waals surface area contributed by atoms with Crippen molar-refractivity contribution in [3.8, 4) is 11.5 Å². The number of aromatic nitrogens is 1. The molecule has 0 bridgehead atoms. The monoisotopic (exact) mass is 253 g/mol. The number of pyridine rings is 1. The Balaban J connectivity index is 2.22. The minimum atomic E-state index is -0.224. The molecule has 0 N–H and O–H groups in total. The fraction of sp³-hybridized carbons (Fsp3) is 0.615. The average molecular weight is 253 g/mol. The molecule has 0 atom stereocenters. The first-order valence-corrected chi connectivity index (χ1v) is 7.10. The highest BCUT2D eigenvalue weighted by Crippen LogP contribution is 2.36. The van der Waals surface area contributed by atoms with Gasteiger partial charge >= 0.3 is 0 Å². The van der Waals surface area contributed by atoms with Gasteiger partial charge in [-0.25, -0.2) is 4.98 Å². The summed E-state index contributed by atoms with van der Waals surface area (Å²) in [5.41, 5.74) is -0.224. The van der Waals surface area contributed by atoms with Crippen LogP contribution in [0.3, 0.4) is 0 Å². The molecule has 94 valence electrons. The second-order valence-electron chi connectivity index (χ2n) is 5.21. The quantitative estimate of drug-likeness (QED) is 0.768. The van der Waals surface area contributed by atoms with Crippen LogP contribution in [0.4, 0.5) is 0 Å². The minimum Gasteiger partial charge on any atom is -0.485 e. The van der Waals surface area contributed by atoms with Gasteiger partial charge in [-0.1, -0.05) is 0 Å². The van der Waals surface area contributed by atoms with Gasteiger partial charge in [0.05, 0.1) is 17.3 Å². The summed E-state index contributed by atoms with van der Waals surface area (Å²) >= 11 is 1.61. The van der Waals surface area contributed by atoms with Crippen LogP contribution < -0.4 is 9.47 Å². The SMILES string of the molecule is CSc1cc(OC(C)(C)C)c(OC2CC2)cn1. The summed E-state index contributed by atoms with van der Waals surface area (Å²) in [6.07, 6.45) is 6.41. The lowest BCUT2D eigenvalue weighted by molar-refractivity contribution is 0.122. The third kappa shape index (κ3) is 3.80. The molecular formula is C13H19NO2S. The molecule has 0 aliphatic heterocycles. The summed E-state index contributed by atoms with van der Waals surface area (Å²) in [6.45, 7) is 6.10. The van der Waals surface area contributed by atoms with Crippen LogP contribution in [0, 0.1) is 0 Å². The summed E-state index contributed by atoms with van der Waals surface area (Å²) in [5.74, 6) is 1.56. The van der Waals surface area contributed by atoms with Crippen molar-refractivity contribution in [2.75, 3.05) is 6.26 Å². The summed E-state index contributed by atoms with van der Waals surface area (Å²) < 4.78 is 11.7. The van der Waals surface area contributed by atoms with E-state index in [2.05, 4.69) is 4.98 Å². The van der Waals surface area contributed by atoms with Crippen molar-refractivity contribution >= 4 is 11.8 Å². The van der Waals surface area contributed by atoms with E-state index in [0.717, 1.165) is 29.4 Å². The molecule has 2 rings (SSSR count). The Hall–Kier alpha value is -0.900. The molecular weight excluding hydrogens is 234 g/mol. The lowest BCUT2D eigenvalue weighted by Gasteiger charge is -2.23. The van der Waals surface area contributed by atoms with Crippen molar-refractivity contribution in [3.05, 3.63) is 12.3 Å². The third-order valence-electron chi connectivity index (χ3n) is 2.25. The van der Waals surface area contributed by atoms with Gasteiger partial charge in [0.1, 0.15) is 5.60 Å². The van der Waals surface area contributed by atoms with Crippen LogP contribution in [0.15, 0.2) is 17.3 Å². The maximum absolute atomic E-state index is 5.93. The Kier molecular flexibility index (Phi) is 3.52. The number of nitrogens with zero attached hydrogens (tertiary/aromatic N) is 1. The van der Waals surface area contributed by atoms with Gasteiger partial charge in [0.25, 0.3) is 0 Å². The van der Waals surface area contributed by atoms with Gasteiger partial charge in [-0.2, -0.15) is 0 Å². The maximum Gasteiger partial charge on any atom is 0.179 e. The number of thioether (sulfide) groups is 1. The van der Waals surface area contributed by atoms with Gasteiger partial charge in [-0.05, 0) is 39.9 Å². The number of ether oxygens (including phenoxy) is 2. The molecule has 1 aromatic rings. The van der Waals surface area contributed by atoms with Crippen molar-refractivity contribution in [2.24, 2.45) is 0 Å². The zero-order chi connectivity index (χ0) is 12.5. The Morgan fingerprint density at radius 3 is 2.53 bits per heavy atom. The van der Waals surface area contributed by atoms with Crippen molar-refractivity contribution in [3.63, 3.8) is 0 Å². The smallest absolute Gasteiger partial charge is 0.179 e. The van der Waals surface area contributed by atoms with Crippen molar-refractivity contribution in [1.82, 2.24) is 4.98 Å². The predicted molar refractivity (Wildman–Crippen MR) is 70.0 cm³/mol. The zero-order valence-corrected chi connectivity index (χ0v) is 11.6. The van der Waals surface area contributed by atoms with Gasteiger partial charge in [0.15, 0.2) is 11.5 Å². The van der Waals surface area contributed by atoms with E-state index in [1.807, 2.05) is 33.1 Å². The van der Waals surface area contributed by atoms with E-state index in [-0.39, 0.29) is 5.60 Å². The minimum absolute atomic E-state index is 0.224. The Bertz CT molecular complexity index is 397. The molecule has 3 nitrogen and oxygen atoms in total. The van der Waals surface area contributed by atoms with E-state index in [4.69, 9.17) is 9.47 Å². The molecule has 0 spiro atoms. The molecule has 1 heterocycles. The summed E-state index contributed by atoms with van der Waals surface area (Å²) in [7, 11) is 0. The molecule has 0 amide bonds. The fourth-order valence-electron chi connectivity index (χ4n) is 1.38. The van der Waals surface area contributed by atoms with Crippen molar-refractivity contribution in [1.29, 1.82) is 0 Å². The van der Waals surface area contributed by atoms with Gasteiger partial charge in [-0.3, -0.25) is 0 Å². The molecule has 1 aliphatic rings. The first kappa shape index (κ1) is 12.6. The Morgan fingerprint density at radius 1 is 1.29 bits per heavy atom. The van der Waals surface area contributed by atoms with E-state index < -0.39 is 0 Å². The molecule has 0 aromatic carbocycles. The molecule has 0 radical (unpaired) electrons. The largest absolute Gasteiger partial charge is 0.485 e. The molecule has 17 heavy (non-hydrogen) atoms. The van der Waals surface area contributed by atoms with Crippen molar-refractivity contribution < 1.29 is 9.47 Å². The van der Waals surface area contributed by atoms with Crippen LogP contribution in [0.25, 0.3) is 0 Å².